The van der Waals surface area contributed by atoms with Gasteiger partial charge in [0, 0.05) is 0 Å². The van der Waals surface area contributed by atoms with Gasteiger partial charge in [-0.05, 0) is 87.8 Å². The Morgan fingerprint density at radius 2 is 1.66 bits per heavy atom. The summed E-state index contributed by atoms with van der Waals surface area (Å²) in [6.07, 6.45) is 13.4. The van der Waals surface area contributed by atoms with Crippen molar-refractivity contribution in [3.8, 4) is 5.75 Å². The van der Waals surface area contributed by atoms with Gasteiger partial charge in [-0.2, -0.15) is 0 Å². The minimum Gasteiger partial charge on any atom is -0.508 e. The van der Waals surface area contributed by atoms with Crippen LogP contribution in [0.3, 0.4) is 0 Å². The van der Waals surface area contributed by atoms with Crippen LogP contribution >= 0.6 is 0 Å². The zero-order valence-corrected chi connectivity index (χ0v) is 17.3. The maximum absolute atomic E-state index is 11.2. The molecule has 0 saturated heterocycles. The van der Waals surface area contributed by atoms with Crippen LogP contribution in [-0.2, 0) is 27.2 Å². The molecule has 1 aromatic rings. The second-order valence-corrected chi connectivity index (χ2v) is 9.07. The van der Waals surface area contributed by atoms with Gasteiger partial charge in [-0.15, -0.1) is 0 Å². The number of benzene rings is 1. The van der Waals surface area contributed by atoms with Gasteiger partial charge in [-0.25, -0.2) is 0 Å². The van der Waals surface area contributed by atoms with Crippen molar-refractivity contribution in [1.29, 1.82) is 0 Å². The minimum atomic E-state index is -0.616. The number of rotatable bonds is 15. The summed E-state index contributed by atoms with van der Waals surface area (Å²) in [4.78, 5) is 21.7. The van der Waals surface area contributed by atoms with Crippen molar-refractivity contribution in [2.75, 3.05) is 0 Å². The van der Waals surface area contributed by atoms with E-state index < -0.39 is 5.97 Å². The highest BCUT2D eigenvalue weighted by Gasteiger charge is 2.49. The van der Waals surface area contributed by atoms with Crippen molar-refractivity contribution in [1.82, 2.24) is 0 Å². The Morgan fingerprint density at radius 1 is 0.966 bits per heavy atom. The number of aliphatic carboxylic acids is 1. The molecule has 5 heteroatoms. The fourth-order valence-electron chi connectivity index (χ4n) is 4.27. The van der Waals surface area contributed by atoms with E-state index in [1.165, 1.54) is 0 Å². The summed E-state index contributed by atoms with van der Waals surface area (Å²) >= 11 is 0. The summed E-state index contributed by atoms with van der Waals surface area (Å²) < 4.78 is 5.17. The second-order valence-electron chi connectivity index (χ2n) is 9.07. The Labute approximate surface area is 173 Å². The van der Waals surface area contributed by atoms with Gasteiger partial charge in [-0.3, -0.25) is 9.59 Å². The van der Waals surface area contributed by atoms with E-state index in [-0.39, 0.29) is 11.0 Å². The van der Waals surface area contributed by atoms with Crippen LogP contribution < -0.4 is 0 Å². The molecule has 0 aromatic heterocycles. The van der Waals surface area contributed by atoms with E-state index in [2.05, 4.69) is 6.07 Å². The van der Waals surface area contributed by atoms with Crippen LogP contribution in [0.25, 0.3) is 0 Å². The summed E-state index contributed by atoms with van der Waals surface area (Å²) in [5, 5.41) is 19.5. The van der Waals surface area contributed by atoms with Gasteiger partial charge in [-0.1, -0.05) is 31.4 Å². The molecule has 2 fully saturated rings. The molecule has 2 N–H and O–H groups in total. The number of hydrogen-bond donors (Lipinski definition) is 2. The van der Waals surface area contributed by atoms with E-state index in [0.717, 1.165) is 101 Å². The van der Waals surface area contributed by atoms with Gasteiger partial charge in [0.05, 0.1) is 5.41 Å². The second kappa shape index (κ2) is 9.64. The number of unbranched alkanes of at least 4 members (excludes halogenated alkanes) is 4. The van der Waals surface area contributed by atoms with E-state index in [4.69, 9.17) is 4.74 Å². The number of hydrogen-bond acceptors (Lipinski definition) is 4. The van der Waals surface area contributed by atoms with Crippen LogP contribution in [-0.4, -0.2) is 28.3 Å². The molecule has 5 nitrogen and oxygen atoms in total. The molecule has 0 heterocycles. The number of carboxylic acid groups (broad SMARTS) is 1. The molecule has 160 valence electrons. The number of aryl methyl sites for hydroxylation is 2. The van der Waals surface area contributed by atoms with Crippen LogP contribution in [0.4, 0.5) is 0 Å². The number of phenolic OH excluding ortho intramolecular Hbond substituents is 1. The number of ether oxygens (including phenoxy) is 1. The first kappa shape index (κ1) is 21.7. The lowest BCUT2D eigenvalue weighted by Crippen LogP contribution is -2.14. The SMILES string of the molecule is O=COC1(CCCCc2ccc(CCCCCCC3(C(=O)O)CC3)cc2O)CC1. The van der Waals surface area contributed by atoms with Crippen LogP contribution in [0.15, 0.2) is 18.2 Å². The molecule has 0 radical (unpaired) electrons. The van der Waals surface area contributed by atoms with Crippen molar-refractivity contribution in [3.05, 3.63) is 29.3 Å². The van der Waals surface area contributed by atoms with Crippen LogP contribution in [0.5, 0.6) is 5.75 Å². The molecule has 0 bridgehead atoms. The first-order valence-electron chi connectivity index (χ1n) is 11.1. The van der Waals surface area contributed by atoms with Crippen molar-refractivity contribution >= 4 is 12.4 Å². The predicted octanol–water partition coefficient (Wildman–Crippen LogP) is 5.17. The van der Waals surface area contributed by atoms with Crippen LogP contribution in [0.1, 0.15) is 88.2 Å². The van der Waals surface area contributed by atoms with Gasteiger partial charge in [0.1, 0.15) is 11.4 Å². The lowest BCUT2D eigenvalue weighted by atomic mass is 9.97. The Morgan fingerprint density at radius 3 is 2.28 bits per heavy atom. The molecule has 3 rings (SSSR count). The summed E-state index contributed by atoms with van der Waals surface area (Å²) in [7, 11) is 0. The quantitative estimate of drug-likeness (QED) is 0.312. The molecule has 2 aliphatic rings. The van der Waals surface area contributed by atoms with E-state index in [1.54, 1.807) is 0 Å². The normalized spacial score (nSPS) is 18.2. The summed E-state index contributed by atoms with van der Waals surface area (Å²) in [5.74, 6) is -0.237. The third-order valence-corrected chi connectivity index (χ3v) is 6.76. The monoisotopic (exact) mass is 402 g/mol. The first-order chi connectivity index (χ1) is 14.0. The zero-order chi connectivity index (χ0) is 20.7. The fourth-order valence-corrected chi connectivity index (χ4v) is 4.27. The van der Waals surface area contributed by atoms with E-state index in [1.807, 2.05) is 12.1 Å². The maximum Gasteiger partial charge on any atom is 0.309 e. The van der Waals surface area contributed by atoms with Crippen LogP contribution in [0, 0.1) is 5.41 Å². The topological polar surface area (TPSA) is 83.8 Å². The van der Waals surface area contributed by atoms with E-state index in [9.17, 15) is 19.8 Å². The summed E-state index contributed by atoms with van der Waals surface area (Å²) in [5.41, 5.74) is 1.58. The van der Waals surface area contributed by atoms with Crippen molar-refractivity contribution in [2.45, 2.75) is 95.5 Å². The zero-order valence-electron chi connectivity index (χ0n) is 17.3. The van der Waals surface area contributed by atoms with Gasteiger partial charge in [0.15, 0.2) is 0 Å². The predicted molar refractivity (Wildman–Crippen MR) is 111 cm³/mol. The smallest absolute Gasteiger partial charge is 0.309 e. The molecule has 2 aliphatic carbocycles. The molecule has 2 saturated carbocycles. The van der Waals surface area contributed by atoms with E-state index >= 15 is 0 Å². The van der Waals surface area contributed by atoms with Gasteiger partial charge < -0.3 is 14.9 Å². The average molecular weight is 403 g/mol. The summed E-state index contributed by atoms with van der Waals surface area (Å²) in [6.45, 7) is 0.567. The third kappa shape index (κ3) is 6.22. The fraction of sp³-hybridized carbons (Fsp3) is 0.667. The minimum absolute atomic E-state index is 0.180. The van der Waals surface area contributed by atoms with Gasteiger partial charge >= 0.3 is 5.97 Å². The maximum atomic E-state index is 11.2. The molecule has 0 amide bonds. The Hall–Kier alpha value is -2.04. The molecular formula is C24H34O5. The number of phenols is 1. The molecule has 29 heavy (non-hydrogen) atoms. The number of aromatic hydroxyl groups is 1. The highest BCUT2D eigenvalue weighted by Crippen LogP contribution is 2.50. The first-order valence-corrected chi connectivity index (χ1v) is 11.1. The standard InChI is InChI=1S/C24H34O5/c25-18-29-24(15-16-24)12-6-4-8-20-10-9-19(17-21(20)26)7-3-1-2-5-11-23(13-14-23)22(27)28/h9-10,17-18,26H,1-8,11-16H2,(H,27,28). The molecular weight excluding hydrogens is 368 g/mol. The highest BCUT2D eigenvalue weighted by atomic mass is 16.5. The lowest BCUT2D eigenvalue weighted by Gasteiger charge is -2.13. The molecule has 0 spiro atoms. The Kier molecular flexibility index (Phi) is 7.20. The number of carbonyl (C=O) groups is 2. The highest BCUT2D eigenvalue weighted by molar-refractivity contribution is 5.77. The largest absolute Gasteiger partial charge is 0.508 e. The number of carbonyl (C=O) groups excluding carboxylic acids is 1. The number of carboxylic acids is 1. The average Bonchev–Trinajstić information content (AvgIpc) is 3.60. The molecule has 0 atom stereocenters. The van der Waals surface area contributed by atoms with E-state index in [0.29, 0.717) is 12.2 Å². The summed E-state index contributed by atoms with van der Waals surface area (Å²) in [6, 6.07) is 6.02. The Bertz CT molecular complexity index is 703. The molecule has 1 aromatic carbocycles. The van der Waals surface area contributed by atoms with Crippen molar-refractivity contribution in [3.63, 3.8) is 0 Å². The lowest BCUT2D eigenvalue weighted by molar-refractivity contribution is -0.143. The molecule has 0 aliphatic heterocycles. The van der Waals surface area contributed by atoms with Crippen molar-refractivity contribution in [2.24, 2.45) is 5.41 Å². The van der Waals surface area contributed by atoms with Crippen molar-refractivity contribution < 1.29 is 24.5 Å². The molecule has 0 unspecified atom stereocenters. The van der Waals surface area contributed by atoms with Gasteiger partial charge in [0.2, 0.25) is 0 Å². The van der Waals surface area contributed by atoms with Gasteiger partial charge in [0.25, 0.3) is 6.47 Å². The Balaban J connectivity index is 1.29. The third-order valence-electron chi connectivity index (χ3n) is 6.76. The van der Waals surface area contributed by atoms with Crippen LogP contribution in [0.2, 0.25) is 0 Å².